The van der Waals surface area contributed by atoms with E-state index in [1.54, 1.807) is 0 Å². The highest BCUT2D eigenvalue weighted by Gasteiger charge is 2.60. The number of ketones is 1. The van der Waals surface area contributed by atoms with E-state index in [1.165, 1.54) is 6.92 Å². The van der Waals surface area contributed by atoms with Crippen molar-refractivity contribution in [1.82, 2.24) is 0 Å². The average Bonchev–Trinajstić information content (AvgIpc) is 2.84. The van der Waals surface area contributed by atoms with Gasteiger partial charge in [-0.15, -0.1) is 0 Å². The maximum absolute atomic E-state index is 12.6. The molecule has 0 spiro atoms. The predicted octanol–water partition coefficient (Wildman–Crippen LogP) is 1.96. The average molecular weight is 304 g/mol. The number of rotatable bonds is 1. The third kappa shape index (κ3) is 1.87. The molecule has 3 rings (SSSR count). The van der Waals surface area contributed by atoms with Gasteiger partial charge in [0.05, 0.1) is 11.3 Å². The summed E-state index contributed by atoms with van der Waals surface area (Å²) in [5, 5.41) is 0. The zero-order valence-electron chi connectivity index (χ0n) is 13.0. The van der Waals surface area contributed by atoms with Gasteiger partial charge in [0.1, 0.15) is 18.0 Å². The predicted molar refractivity (Wildman–Crippen MR) is 77.7 cm³/mol. The first kappa shape index (κ1) is 15.0. The highest BCUT2D eigenvalue weighted by molar-refractivity contribution is 5.95. The van der Waals surface area contributed by atoms with Crippen LogP contribution in [0.15, 0.2) is 23.8 Å². The van der Waals surface area contributed by atoms with E-state index >= 15 is 0 Å². The molecule has 22 heavy (non-hydrogen) atoms. The minimum absolute atomic E-state index is 0.0217. The maximum Gasteiger partial charge on any atom is 0.334 e. The Balaban J connectivity index is 2.14. The Morgan fingerprint density at radius 1 is 1.45 bits per heavy atom. The van der Waals surface area contributed by atoms with E-state index in [0.29, 0.717) is 18.4 Å². The van der Waals surface area contributed by atoms with Gasteiger partial charge >= 0.3 is 11.9 Å². The number of carbonyl (C=O) groups is 3. The second-order valence-electron chi connectivity index (χ2n) is 6.65. The van der Waals surface area contributed by atoms with Gasteiger partial charge in [0.2, 0.25) is 0 Å². The minimum Gasteiger partial charge on any atom is -0.460 e. The normalized spacial score (nSPS) is 40.5. The summed E-state index contributed by atoms with van der Waals surface area (Å²) in [6.07, 6.45) is 1.76. The molecule has 2 aliphatic carbocycles. The van der Waals surface area contributed by atoms with Gasteiger partial charge in [-0.25, -0.2) is 4.79 Å². The van der Waals surface area contributed by atoms with Gasteiger partial charge in [-0.2, -0.15) is 0 Å². The molecule has 1 heterocycles. The molecule has 0 radical (unpaired) electrons. The molecule has 5 heteroatoms. The summed E-state index contributed by atoms with van der Waals surface area (Å²) in [7, 11) is 0. The molecule has 0 aromatic rings. The first-order chi connectivity index (χ1) is 10.3. The molecule has 5 atom stereocenters. The summed E-state index contributed by atoms with van der Waals surface area (Å²) in [4.78, 5) is 36.1. The highest BCUT2D eigenvalue weighted by Crippen LogP contribution is 2.54. The van der Waals surface area contributed by atoms with E-state index < -0.39 is 35.5 Å². The lowest BCUT2D eigenvalue weighted by atomic mass is 9.70. The van der Waals surface area contributed by atoms with E-state index in [0.717, 1.165) is 5.57 Å². The molecule has 1 saturated heterocycles. The molecule has 3 aliphatic rings. The van der Waals surface area contributed by atoms with Gasteiger partial charge < -0.3 is 9.47 Å². The van der Waals surface area contributed by atoms with Crippen molar-refractivity contribution in [2.24, 2.45) is 17.3 Å². The van der Waals surface area contributed by atoms with Crippen LogP contribution >= 0.6 is 0 Å². The van der Waals surface area contributed by atoms with E-state index in [4.69, 9.17) is 9.47 Å². The highest BCUT2D eigenvalue weighted by atomic mass is 16.6. The molecular weight excluding hydrogens is 284 g/mol. The molecule has 0 unspecified atom stereocenters. The molecule has 0 bridgehead atoms. The Morgan fingerprint density at radius 2 is 2.14 bits per heavy atom. The Labute approximate surface area is 129 Å². The molecule has 0 amide bonds. The number of carbonyl (C=O) groups excluding carboxylic acids is 3. The molecular formula is C17H20O5. The Bertz CT molecular complexity index is 617. The molecule has 0 aromatic heterocycles. The minimum atomic E-state index is -0.901. The number of Topliss-reactive ketones (excluding diaryl/α,β-unsaturated/α-hetero) is 1. The van der Waals surface area contributed by atoms with E-state index in [1.807, 2.05) is 19.9 Å². The first-order valence-corrected chi connectivity index (χ1v) is 7.57. The van der Waals surface area contributed by atoms with Crippen molar-refractivity contribution in [2.45, 2.75) is 45.8 Å². The van der Waals surface area contributed by atoms with Crippen LogP contribution in [0, 0.1) is 17.3 Å². The van der Waals surface area contributed by atoms with Gasteiger partial charge in [-0.3, -0.25) is 9.59 Å². The van der Waals surface area contributed by atoms with E-state index in [2.05, 4.69) is 6.58 Å². The number of fused-ring (bicyclic) bond motifs is 2. The van der Waals surface area contributed by atoms with E-state index in [9.17, 15) is 14.4 Å². The molecule has 1 saturated carbocycles. The van der Waals surface area contributed by atoms with Crippen LogP contribution in [0.4, 0.5) is 0 Å². The fourth-order valence-electron chi connectivity index (χ4n) is 4.25. The lowest BCUT2D eigenvalue weighted by Gasteiger charge is -2.37. The summed E-state index contributed by atoms with van der Waals surface area (Å²) in [6.45, 7) is 8.97. The van der Waals surface area contributed by atoms with Crippen LogP contribution in [0.25, 0.3) is 0 Å². The molecule has 5 nitrogen and oxygen atoms in total. The molecule has 0 N–H and O–H groups in total. The fraction of sp³-hybridized carbons (Fsp3) is 0.588. The number of hydrogen-bond donors (Lipinski definition) is 0. The summed E-state index contributed by atoms with van der Waals surface area (Å²) < 4.78 is 11.0. The first-order valence-electron chi connectivity index (χ1n) is 7.57. The second-order valence-corrected chi connectivity index (χ2v) is 6.65. The summed E-state index contributed by atoms with van der Waals surface area (Å²) in [6, 6.07) is 0. The van der Waals surface area contributed by atoms with Crippen LogP contribution in [0.3, 0.4) is 0 Å². The largest absolute Gasteiger partial charge is 0.460 e. The van der Waals surface area contributed by atoms with Crippen LogP contribution in [0.5, 0.6) is 0 Å². The van der Waals surface area contributed by atoms with Crippen molar-refractivity contribution >= 4 is 17.7 Å². The van der Waals surface area contributed by atoms with Crippen LogP contribution in [-0.2, 0) is 23.9 Å². The summed E-state index contributed by atoms with van der Waals surface area (Å²) in [5.41, 5.74) is 0.383. The summed E-state index contributed by atoms with van der Waals surface area (Å²) >= 11 is 0. The lowest BCUT2D eigenvalue weighted by molar-refractivity contribution is -0.158. The van der Waals surface area contributed by atoms with Crippen LogP contribution in [-0.4, -0.2) is 29.9 Å². The Hall–Kier alpha value is -1.91. The second kappa shape index (κ2) is 4.80. The quantitative estimate of drug-likeness (QED) is 0.421. The third-order valence-corrected chi connectivity index (χ3v) is 5.31. The SMILES string of the molecule is C=C1C(=O)O[C@@H]2C[C@@H](C)C3=CCC(=O)[C@@]3(C)[C@@H](OC(C)=O)[C@@H]12. The van der Waals surface area contributed by atoms with Gasteiger partial charge in [-0.05, 0) is 19.3 Å². The van der Waals surface area contributed by atoms with Gasteiger partial charge in [0.25, 0.3) is 0 Å². The topological polar surface area (TPSA) is 69.7 Å². The fourth-order valence-corrected chi connectivity index (χ4v) is 4.25. The van der Waals surface area contributed by atoms with E-state index in [-0.39, 0.29) is 11.7 Å². The van der Waals surface area contributed by atoms with Crippen molar-refractivity contribution < 1.29 is 23.9 Å². The Kier molecular flexibility index (Phi) is 3.27. The van der Waals surface area contributed by atoms with Crippen LogP contribution in [0.1, 0.15) is 33.6 Å². The van der Waals surface area contributed by atoms with Gasteiger partial charge in [-0.1, -0.05) is 25.2 Å². The maximum atomic E-state index is 12.6. The van der Waals surface area contributed by atoms with Crippen LogP contribution in [0.2, 0.25) is 0 Å². The van der Waals surface area contributed by atoms with Gasteiger partial charge in [0, 0.05) is 18.9 Å². The molecule has 118 valence electrons. The van der Waals surface area contributed by atoms with Crippen LogP contribution < -0.4 is 0 Å². The molecule has 1 aliphatic heterocycles. The standard InChI is InChI=1S/C17H20O5/c1-8-7-12-14(9(2)16(20)22-12)15(21-10(3)18)17(4)11(8)5-6-13(17)19/h5,8,12,14-15H,2,6-7H2,1,3-4H3/t8-,12-,14+,15+,17+/m1/s1. The monoisotopic (exact) mass is 304 g/mol. The number of esters is 2. The number of allylic oxidation sites excluding steroid dienone is 1. The van der Waals surface area contributed by atoms with Crippen molar-refractivity contribution in [3.63, 3.8) is 0 Å². The summed E-state index contributed by atoms with van der Waals surface area (Å²) in [5.74, 6) is -1.28. The zero-order valence-corrected chi connectivity index (χ0v) is 13.0. The smallest absolute Gasteiger partial charge is 0.334 e. The molecule has 2 fully saturated rings. The lowest BCUT2D eigenvalue weighted by Crippen LogP contribution is -2.47. The Morgan fingerprint density at radius 3 is 2.77 bits per heavy atom. The molecule has 0 aromatic carbocycles. The third-order valence-electron chi connectivity index (χ3n) is 5.31. The van der Waals surface area contributed by atoms with Crippen molar-refractivity contribution in [3.8, 4) is 0 Å². The van der Waals surface area contributed by atoms with Crippen molar-refractivity contribution in [1.29, 1.82) is 0 Å². The number of hydrogen-bond acceptors (Lipinski definition) is 5. The number of ether oxygens (including phenoxy) is 2. The van der Waals surface area contributed by atoms with Crippen molar-refractivity contribution in [2.75, 3.05) is 0 Å². The van der Waals surface area contributed by atoms with Gasteiger partial charge in [0.15, 0.2) is 0 Å². The zero-order chi connectivity index (χ0) is 16.2. The van der Waals surface area contributed by atoms with Crippen molar-refractivity contribution in [3.05, 3.63) is 23.8 Å².